The molecule has 2 rings (SSSR count). The van der Waals surface area contributed by atoms with Gasteiger partial charge in [0.15, 0.2) is 0 Å². The maximum absolute atomic E-state index is 12.2. The Kier molecular flexibility index (Phi) is 4.36. The van der Waals surface area contributed by atoms with Crippen LogP contribution in [-0.4, -0.2) is 43.8 Å². The first-order chi connectivity index (χ1) is 9.40. The van der Waals surface area contributed by atoms with Gasteiger partial charge in [0.2, 0.25) is 10.0 Å². The van der Waals surface area contributed by atoms with E-state index in [9.17, 15) is 18.5 Å². The van der Waals surface area contributed by atoms with Crippen LogP contribution in [0.1, 0.15) is 11.1 Å². The molecule has 0 spiro atoms. The molecule has 1 aromatic rings. The number of nitro benzene ring substituents is 1. The third-order valence-electron chi connectivity index (χ3n) is 3.29. The Morgan fingerprint density at radius 1 is 1.35 bits per heavy atom. The molecule has 0 bridgehead atoms. The van der Waals surface area contributed by atoms with Crippen molar-refractivity contribution in [2.45, 2.75) is 12.7 Å². The van der Waals surface area contributed by atoms with Crippen LogP contribution in [0.25, 0.3) is 0 Å². The van der Waals surface area contributed by atoms with E-state index in [4.69, 9.17) is 0 Å². The smallest absolute Gasteiger partial charge is 0.272 e. The summed E-state index contributed by atoms with van der Waals surface area (Å²) in [4.78, 5) is 10.4. The van der Waals surface area contributed by atoms with E-state index < -0.39 is 14.9 Å². The van der Waals surface area contributed by atoms with Crippen molar-refractivity contribution in [3.63, 3.8) is 0 Å². The van der Waals surface area contributed by atoms with Crippen LogP contribution in [0, 0.1) is 17.0 Å². The molecule has 0 unspecified atom stereocenters. The standard InChI is InChI=1S/C12H17N3O4S/c1-10-2-3-11(8-12(10)15(16)17)9-20(18,19)14-6-4-13-5-7-14/h2-3,8,13H,4-7,9H2,1H3. The minimum absolute atomic E-state index is 0.0435. The van der Waals surface area contributed by atoms with Crippen LogP contribution < -0.4 is 5.32 Å². The van der Waals surface area contributed by atoms with Crippen molar-refractivity contribution in [3.05, 3.63) is 39.4 Å². The van der Waals surface area contributed by atoms with Crippen LogP contribution in [0.5, 0.6) is 0 Å². The average molecular weight is 299 g/mol. The summed E-state index contributed by atoms with van der Waals surface area (Å²) in [5.41, 5.74) is 0.928. The highest BCUT2D eigenvalue weighted by Crippen LogP contribution is 2.21. The fourth-order valence-corrected chi connectivity index (χ4v) is 3.69. The van der Waals surface area contributed by atoms with Crippen molar-refractivity contribution in [1.82, 2.24) is 9.62 Å². The quantitative estimate of drug-likeness (QED) is 0.650. The summed E-state index contributed by atoms with van der Waals surface area (Å²) >= 11 is 0. The molecule has 8 heteroatoms. The number of nitrogens with one attached hydrogen (secondary N) is 1. The highest BCUT2D eigenvalue weighted by atomic mass is 32.2. The van der Waals surface area contributed by atoms with Gasteiger partial charge in [-0.1, -0.05) is 12.1 Å². The van der Waals surface area contributed by atoms with Crippen molar-refractivity contribution in [2.24, 2.45) is 0 Å². The van der Waals surface area contributed by atoms with Gasteiger partial charge in [0.05, 0.1) is 10.7 Å². The van der Waals surface area contributed by atoms with E-state index >= 15 is 0 Å². The van der Waals surface area contributed by atoms with Gasteiger partial charge >= 0.3 is 0 Å². The summed E-state index contributed by atoms with van der Waals surface area (Å²) in [5, 5.41) is 14.0. The molecule has 1 saturated heterocycles. The van der Waals surface area contributed by atoms with Crippen LogP contribution >= 0.6 is 0 Å². The second-order valence-electron chi connectivity index (χ2n) is 4.78. The summed E-state index contributed by atoms with van der Waals surface area (Å²) in [5.74, 6) is -0.200. The summed E-state index contributed by atoms with van der Waals surface area (Å²) in [7, 11) is -3.42. The van der Waals surface area contributed by atoms with E-state index in [-0.39, 0.29) is 11.4 Å². The third kappa shape index (κ3) is 3.33. The Hall–Kier alpha value is -1.51. The van der Waals surface area contributed by atoms with E-state index in [0.29, 0.717) is 37.3 Å². The molecule has 110 valence electrons. The van der Waals surface area contributed by atoms with E-state index in [1.54, 1.807) is 19.1 Å². The molecule has 1 fully saturated rings. The molecule has 0 aliphatic carbocycles. The second-order valence-corrected chi connectivity index (χ2v) is 6.75. The molecule has 20 heavy (non-hydrogen) atoms. The maximum atomic E-state index is 12.2. The highest BCUT2D eigenvalue weighted by Gasteiger charge is 2.24. The Bertz CT molecular complexity index is 609. The number of hydrogen-bond acceptors (Lipinski definition) is 5. The molecule has 0 atom stereocenters. The van der Waals surface area contributed by atoms with E-state index in [1.165, 1.54) is 10.4 Å². The van der Waals surface area contributed by atoms with Crippen molar-refractivity contribution < 1.29 is 13.3 Å². The lowest BCUT2D eigenvalue weighted by Crippen LogP contribution is -2.46. The molecule has 0 saturated carbocycles. The van der Waals surface area contributed by atoms with Crippen molar-refractivity contribution in [2.75, 3.05) is 26.2 Å². The number of benzene rings is 1. The fourth-order valence-electron chi connectivity index (χ4n) is 2.17. The second kappa shape index (κ2) is 5.86. The first-order valence-corrected chi connectivity index (χ1v) is 7.93. The number of piperazine rings is 1. The summed E-state index contributed by atoms with van der Waals surface area (Å²) in [6, 6.07) is 4.55. The number of rotatable bonds is 4. The molecule has 0 amide bonds. The predicted octanol–water partition coefficient (Wildman–Crippen LogP) is 0.638. The molecular formula is C12H17N3O4S. The molecule has 1 heterocycles. The number of hydrogen-bond donors (Lipinski definition) is 1. The Morgan fingerprint density at radius 3 is 2.60 bits per heavy atom. The minimum Gasteiger partial charge on any atom is -0.314 e. The van der Waals surface area contributed by atoms with E-state index in [0.717, 1.165) is 0 Å². The normalized spacial score (nSPS) is 17.1. The molecule has 1 aliphatic rings. The van der Waals surface area contributed by atoms with Gasteiger partial charge in [-0.05, 0) is 12.5 Å². The molecule has 1 aliphatic heterocycles. The Labute approximate surface area is 117 Å². The van der Waals surface area contributed by atoms with Crippen LogP contribution in [0.15, 0.2) is 18.2 Å². The molecule has 1 aromatic carbocycles. The fraction of sp³-hybridized carbons (Fsp3) is 0.500. The lowest BCUT2D eigenvalue weighted by molar-refractivity contribution is -0.385. The summed E-state index contributed by atoms with van der Waals surface area (Å²) < 4.78 is 25.9. The van der Waals surface area contributed by atoms with Gasteiger partial charge in [-0.2, -0.15) is 4.31 Å². The number of nitrogens with zero attached hydrogens (tertiary/aromatic N) is 2. The van der Waals surface area contributed by atoms with Crippen molar-refractivity contribution >= 4 is 15.7 Å². The van der Waals surface area contributed by atoms with Gasteiger partial charge in [0, 0.05) is 37.8 Å². The van der Waals surface area contributed by atoms with Crippen LogP contribution in [0.4, 0.5) is 5.69 Å². The first-order valence-electron chi connectivity index (χ1n) is 6.32. The number of aryl methyl sites for hydroxylation is 1. The Balaban J connectivity index is 2.20. The maximum Gasteiger partial charge on any atom is 0.272 e. The molecule has 0 radical (unpaired) electrons. The van der Waals surface area contributed by atoms with Crippen LogP contribution in [-0.2, 0) is 15.8 Å². The number of sulfonamides is 1. The highest BCUT2D eigenvalue weighted by molar-refractivity contribution is 7.88. The topological polar surface area (TPSA) is 92.6 Å². The number of nitro groups is 1. The first kappa shape index (κ1) is 14.9. The molecule has 0 aromatic heterocycles. The van der Waals surface area contributed by atoms with Crippen molar-refractivity contribution in [1.29, 1.82) is 0 Å². The van der Waals surface area contributed by atoms with Crippen molar-refractivity contribution in [3.8, 4) is 0 Å². The largest absolute Gasteiger partial charge is 0.314 e. The van der Waals surface area contributed by atoms with Crippen LogP contribution in [0.3, 0.4) is 0 Å². The van der Waals surface area contributed by atoms with E-state index in [2.05, 4.69) is 5.32 Å². The summed E-state index contributed by atoms with van der Waals surface area (Å²) in [6.45, 7) is 3.78. The van der Waals surface area contributed by atoms with Gasteiger partial charge in [-0.15, -0.1) is 0 Å². The van der Waals surface area contributed by atoms with Gasteiger partial charge in [0.1, 0.15) is 0 Å². The van der Waals surface area contributed by atoms with E-state index in [1.807, 2.05) is 0 Å². The lowest BCUT2D eigenvalue weighted by Gasteiger charge is -2.26. The van der Waals surface area contributed by atoms with Gasteiger partial charge in [0.25, 0.3) is 5.69 Å². The summed E-state index contributed by atoms with van der Waals surface area (Å²) in [6.07, 6.45) is 0. The molecule has 1 N–H and O–H groups in total. The van der Waals surface area contributed by atoms with Crippen LogP contribution in [0.2, 0.25) is 0 Å². The van der Waals surface area contributed by atoms with Gasteiger partial charge in [-0.3, -0.25) is 10.1 Å². The van der Waals surface area contributed by atoms with Gasteiger partial charge < -0.3 is 5.32 Å². The zero-order valence-corrected chi connectivity index (χ0v) is 12.0. The predicted molar refractivity (Wildman–Crippen MR) is 74.9 cm³/mol. The molecule has 7 nitrogen and oxygen atoms in total. The lowest BCUT2D eigenvalue weighted by atomic mass is 10.1. The minimum atomic E-state index is -3.42. The molecular weight excluding hydrogens is 282 g/mol. The Morgan fingerprint density at radius 2 is 2.00 bits per heavy atom. The van der Waals surface area contributed by atoms with Gasteiger partial charge in [-0.25, -0.2) is 8.42 Å². The average Bonchev–Trinajstić information content (AvgIpc) is 2.41. The SMILES string of the molecule is Cc1ccc(CS(=O)(=O)N2CCNCC2)cc1[N+](=O)[O-]. The third-order valence-corrected chi connectivity index (χ3v) is 5.14. The zero-order chi connectivity index (χ0) is 14.8. The monoisotopic (exact) mass is 299 g/mol. The zero-order valence-electron chi connectivity index (χ0n) is 11.2.